The van der Waals surface area contributed by atoms with Gasteiger partial charge in [-0.2, -0.15) is 0 Å². The molecule has 0 spiro atoms. The van der Waals surface area contributed by atoms with Crippen LogP contribution in [0.1, 0.15) is 45.7 Å². The molecular formula is C32H29N5O6. The van der Waals surface area contributed by atoms with Crippen molar-refractivity contribution < 1.29 is 24.6 Å². The third-order valence-electron chi connectivity index (χ3n) is 7.37. The summed E-state index contributed by atoms with van der Waals surface area (Å²) in [6.07, 6.45) is 0. The van der Waals surface area contributed by atoms with Crippen LogP contribution in [-0.4, -0.2) is 56.6 Å². The number of aliphatic imine (C=N–C) groups is 1. The first-order valence-corrected chi connectivity index (χ1v) is 13.6. The fourth-order valence-corrected chi connectivity index (χ4v) is 5.04. The number of carbonyl (C=O) groups excluding carboxylic acids is 1. The SMILES string of the molecule is C=C1C(=Nc2ccc(N(CC)CC)cc2C)C(=O)N(c2ccc(C(=O)O)cc2)c2[nH]n(-c3ccc(C(=O)O)cc3)c(=O)c21. The van der Waals surface area contributed by atoms with Crippen LogP contribution < -0.4 is 15.4 Å². The molecule has 2 heterocycles. The molecule has 3 aromatic carbocycles. The van der Waals surface area contributed by atoms with Crippen molar-refractivity contribution in [3.8, 4) is 5.69 Å². The molecule has 0 atom stereocenters. The number of rotatable bonds is 8. The Labute approximate surface area is 246 Å². The van der Waals surface area contributed by atoms with E-state index in [9.17, 15) is 29.4 Å². The summed E-state index contributed by atoms with van der Waals surface area (Å²) < 4.78 is 1.19. The van der Waals surface area contributed by atoms with Crippen LogP contribution in [0.5, 0.6) is 0 Å². The van der Waals surface area contributed by atoms with E-state index in [1.165, 1.54) is 58.1 Å². The number of aromatic nitrogens is 2. The minimum absolute atomic E-state index is 0.0280. The number of carboxylic acids is 2. The number of aromatic amines is 1. The molecule has 1 aromatic heterocycles. The molecule has 0 bridgehead atoms. The average molecular weight is 580 g/mol. The normalized spacial score (nSPS) is 13.7. The van der Waals surface area contributed by atoms with Gasteiger partial charge in [0.1, 0.15) is 11.5 Å². The highest BCUT2D eigenvalue weighted by Gasteiger charge is 2.38. The van der Waals surface area contributed by atoms with Gasteiger partial charge in [-0.25, -0.2) is 19.3 Å². The van der Waals surface area contributed by atoms with Crippen LogP contribution >= 0.6 is 0 Å². The van der Waals surface area contributed by atoms with Crippen LogP contribution in [0.15, 0.2) is 83.1 Å². The first kappa shape index (κ1) is 28.8. The van der Waals surface area contributed by atoms with Gasteiger partial charge < -0.3 is 15.1 Å². The lowest BCUT2D eigenvalue weighted by Gasteiger charge is -2.28. The van der Waals surface area contributed by atoms with E-state index in [1.807, 2.05) is 25.1 Å². The molecule has 1 aliphatic heterocycles. The summed E-state index contributed by atoms with van der Waals surface area (Å²) in [6, 6.07) is 17.1. The Balaban J connectivity index is 1.68. The van der Waals surface area contributed by atoms with Gasteiger partial charge in [0.2, 0.25) is 0 Å². The Morgan fingerprint density at radius 3 is 1.95 bits per heavy atom. The Morgan fingerprint density at radius 1 is 0.884 bits per heavy atom. The lowest BCUT2D eigenvalue weighted by Crippen LogP contribution is -2.38. The lowest BCUT2D eigenvalue weighted by molar-refractivity contribution is -0.111. The summed E-state index contributed by atoms with van der Waals surface area (Å²) in [5.74, 6) is -2.68. The van der Waals surface area contributed by atoms with E-state index in [0.29, 0.717) is 17.1 Å². The largest absolute Gasteiger partial charge is 0.478 e. The standard InChI is InChI=1S/C32H29N5O6/c1-5-35(6-2)24-15-16-25(18(3)17-24)33-27-19(4)26-28(36(30(27)39)22-11-7-20(8-12-22)31(40)41)34-37(29(26)38)23-13-9-21(10-14-23)32(42)43/h7-17,34H,4-6H2,1-3H3,(H,40,41)(H,42,43). The van der Waals surface area contributed by atoms with Crippen molar-refractivity contribution in [3.05, 3.63) is 106 Å². The third kappa shape index (κ3) is 5.12. The highest BCUT2D eigenvalue weighted by Crippen LogP contribution is 2.37. The van der Waals surface area contributed by atoms with E-state index in [-0.39, 0.29) is 33.8 Å². The molecule has 218 valence electrons. The zero-order chi connectivity index (χ0) is 31.0. The number of hydrogen-bond donors (Lipinski definition) is 3. The number of nitrogens with one attached hydrogen (secondary N) is 1. The van der Waals surface area contributed by atoms with Gasteiger partial charge in [0, 0.05) is 24.4 Å². The van der Waals surface area contributed by atoms with E-state index in [4.69, 9.17) is 4.99 Å². The fourth-order valence-electron chi connectivity index (χ4n) is 5.04. The molecule has 0 unspecified atom stereocenters. The van der Waals surface area contributed by atoms with E-state index in [2.05, 4.69) is 30.4 Å². The number of aromatic carboxylic acids is 2. The number of anilines is 3. The van der Waals surface area contributed by atoms with Crippen molar-refractivity contribution in [2.75, 3.05) is 22.9 Å². The molecule has 11 heteroatoms. The van der Waals surface area contributed by atoms with Gasteiger partial charge in [0.25, 0.3) is 11.5 Å². The Hall–Kier alpha value is -5.71. The predicted octanol–water partition coefficient (Wildman–Crippen LogP) is 5.18. The Morgan fingerprint density at radius 2 is 1.44 bits per heavy atom. The number of H-pyrrole nitrogens is 1. The van der Waals surface area contributed by atoms with E-state index >= 15 is 0 Å². The third-order valence-corrected chi connectivity index (χ3v) is 7.37. The predicted molar refractivity (Wildman–Crippen MR) is 165 cm³/mol. The van der Waals surface area contributed by atoms with Gasteiger partial charge in [-0.1, -0.05) is 6.58 Å². The summed E-state index contributed by atoms with van der Waals surface area (Å²) in [5.41, 5.74) is 2.74. The molecular weight excluding hydrogens is 550 g/mol. The highest BCUT2D eigenvalue weighted by molar-refractivity contribution is 6.61. The number of amides is 1. The van der Waals surface area contributed by atoms with Crippen molar-refractivity contribution in [3.63, 3.8) is 0 Å². The number of carbonyl (C=O) groups is 3. The zero-order valence-corrected chi connectivity index (χ0v) is 23.8. The fraction of sp³-hybridized carbons (Fsp3) is 0.156. The van der Waals surface area contributed by atoms with Gasteiger partial charge >= 0.3 is 11.9 Å². The van der Waals surface area contributed by atoms with Gasteiger partial charge in [-0.3, -0.25) is 19.6 Å². The topological polar surface area (TPSA) is 148 Å². The molecule has 0 saturated carbocycles. The van der Waals surface area contributed by atoms with Crippen molar-refractivity contribution in [2.24, 2.45) is 4.99 Å². The summed E-state index contributed by atoms with van der Waals surface area (Å²) in [7, 11) is 0. The van der Waals surface area contributed by atoms with Crippen molar-refractivity contribution in [1.82, 2.24) is 9.78 Å². The zero-order valence-electron chi connectivity index (χ0n) is 23.8. The number of nitrogens with zero attached hydrogens (tertiary/aromatic N) is 4. The van der Waals surface area contributed by atoms with E-state index in [1.54, 1.807) is 0 Å². The van der Waals surface area contributed by atoms with Crippen LogP contribution in [0.3, 0.4) is 0 Å². The highest BCUT2D eigenvalue weighted by atomic mass is 16.4. The maximum atomic E-state index is 14.1. The summed E-state index contributed by atoms with van der Waals surface area (Å²) in [4.78, 5) is 58.8. The summed E-state index contributed by atoms with van der Waals surface area (Å²) in [6.45, 7) is 11.8. The van der Waals surface area contributed by atoms with Crippen molar-refractivity contribution >= 4 is 52.0 Å². The molecule has 3 N–H and O–H groups in total. The van der Waals surface area contributed by atoms with Crippen LogP contribution in [0.25, 0.3) is 11.3 Å². The molecule has 1 aliphatic rings. The van der Waals surface area contributed by atoms with E-state index in [0.717, 1.165) is 24.3 Å². The molecule has 1 amide bonds. The minimum atomic E-state index is -1.12. The van der Waals surface area contributed by atoms with E-state index < -0.39 is 23.4 Å². The first-order chi connectivity index (χ1) is 20.5. The molecule has 4 aromatic rings. The van der Waals surface area contributed by atoms with Crippen LogP contribution in [0.4, 0.5) is 22.9 Å². The average Bonchev–Trinajstić information content (AvgIpc) is 3.33. The Kier molecular flexibility index (Phi) is 7.56. The number of hydrogen-bond acceptors (Lipinski definition) is 6. The second kappa shape index (κ2) is 11.3. The lowest BCUT2D eigenvalue weighted by atomic mass is 9.98. The number of fused-ring (bicyclic) bond motifs is 1. The summed E-state index contributed by atoms with van der Waals surface area (Å²) >= 11 is 0. The Bertz CT molecular complexity index is 1860. The molecule has 11 nitrogen and oxygen atoms in total. The van der Waals surface area contributed by atoms with Crippen molar-refractivity contribution in [1.29, 1.82) is 0 Å². The first-order valence-electron chi connectivity index (χ1n) is 13.6. The monoisotopic (exact) mass is 579 g/mol. The van der Waals surface area contributed by atoms with Gasteiger partial charge in [-0.15, -0.1) is 0 Å². The maximum absolute atomic E-state index is 14.1. The van der Waals surface area contributed by atoms with Crippen molar-refractivity contribution in [2.45, 2.75) is 20.8 Å². The molecule has 5 rings (SSSR count). The molecule has 0 radical (unpaired) electrons. The molecule has 0 aliphatic carbocycles. The molecule has 0 saturated heterocycles. The second-order valence-corrected chi connectivity index (χ2v) is 9.90. The second-order valence-electron chi connectivity index (χ2n) is 9.90. The summed E-state index contributed by atoms with van der Waals surface area (Å²) in [5, 5.41) is 21.6. The van der Waals surface area contributed by atoms with Gasteiger partial charge in [-0.05, 0) is 93.1 Å². The minimum Gasteiger partial charge on any atom is -0.478 e. The quantitative estimate of drug-likeness (QED) is 0.260. The van der Waals surface area contributed by atoms with Crippen LogP contribution in [0.2, 0.25) is 0 Å². The maximum Gasteiger partial charge on any atom is 0.335 e. The molecule has 43 heavy (non-hydrogen) atoms. The van der Waals surface area contributed by atoms with Crippen LogP contribution in [0, 0.1) is 6.92 Å². The van der Waals surface area contributed by atoms with Gasteiger partial charge in [0.15, 0.2) is 0 Å². The molecule has 0 fully saturated rings. The number of aryl methyl sites for hydroxylation is 1. The number of carboxylic acid groups (broad SMARTS) is 2. The van der Waals surface area contributed by atoms with Gasteiger partial charge in [0.05, 0.1) is 33.8 Å². The number of benzene rings is 3. The smallest absolute Gasteiger partial charge is 0.335 e. The van der Waals surface area contributed by atoms with Crippen LogP contribution in [-0.2, 0) is 4.79 Å².